The lowest BCUT2D eigenvalue weighted by atomic mass is 10.1. The van der Waals surface area contributed by atoms with Gasteiger partial charge in [-0.3, -0.25) is 9.58 Å². The molecule has 28 heavy (non-hydrogen) atoms. The molecule has 1 saturated heterocycles. The molecule has 1 aliphatic rings. The number of carbonyl (C=O) groups is 1. The number of aromatic nitrogens is 2. The van der Waals surface area contributed by atoms with Crippen LogP contribution in [0.1, 0.15) is 58.5 Å². The number of ether oxygens (including phenoxy) is 2. The van der Waals surface area contributed by atoms with E-state index in [9.17, 15) is 4.79 Å². The van der Waals surface area contributed by atoms with Crippen LogP contribution in [0.3, 0.4) is 0 Å². The van der Waals surface area contributed by atoms with E-state index in [4.69, 9.17) is 14.6 Å². The molecule has 1 aromatic rings. The van der Waals surface area contributed by atoms with Gasteiger partial charge in [0.1, 0.15) is 11.3 Å². The molecule has 2 atom stereocenters. The molecule has 0 spiro atoms. The van der Waals surface area contributed by atoms with Crippen molar-refractivity contribution in [2.24, 2.45) is 0 Å². The van der Waals surface area contributed by atoms with Gasteiger partial charge < -0.3 is 19.9 Å². The second kappa shape index (κ2) is 8.39. The maximum absolute atomic E-state index is 12.8. The number of nitrogens with one attached hydrogen (secondary N) is 1. The van der Waals surface area contributed by atoms with Crippen LogP contribution in [0.2, 0.25) is 0 Å². The minimum Gasteiger partial charge on any atom is -0.444 e. The van der Waals surface area contributed by atoms with Crippen LogP contribution in [-0.2, 0) is 22.6 Å². The predicted octanol–water partition coefficient (Wildman–Crippen LogP) is 2.34. The minimum absolute atomic E-state index is 0.0612. The van der Waals surface area contributed by atoms with Crippen molar-refractivity contribution in [3.63, 3.8) is 0 Å². The van der Waals surface area contributed by atoms with E-state index in [0.29, 0.717) is 19.6 Å². The lowest BCUT2D eigenvalue weighted by molar-refractivity contribution is -0.0756. The standard InChI is InChI=1S/C20H36N4O4/c1-13-16(14(2)23(22-13)9-10-25)11-21-12-17-15(3)27-20(7,8)24(17)18(26)28-19(4,5)6/h15,17,21,25H,9-12H2,1-8H3/t15-,17-/m1/s1. The van der Waals surface area contributed by atoms with Crippen LogP contribution in [0, 0.1) is 13.8 Å². The number of aryl methyl sites for hydroxylation is 1. The Morgan fingerprint density at radius 1 is 1.36 bits per heavy atom. The molecule has 2 rings (SSSR count). The predicted molar refractivity (Wildman–Crippen MR) is 107 cm³/mol. The van der Waals surface area contributed by atoms with Crippen molar-refractivity contribution < 1.29 is 19.4 Å². The molecule has 1 fully saturated rings. The molecule has 0 saturated carbocycles. The van der Waals surface area contributed by atoms with Crippen LogP contribution in [0.5, 0.6) is 0 Å². The van der Waals surface area contributed by atoms with Crippen molar-refractivity contribution in [3.05, 3.63) is 17.0 Å². The smallest absolute Gasteiger partial charge is 0.412 e. The molecule has 2 heterocycles. The SMILES string of the molecule is Cc1nn(CCO)c(C)c1CNC[C@@H]1[C@@H](C)OC(C)(C)N1C(=O)OC(C)(C)C. The first-order valence-electron chi connectivity index (χ1n) is 9.92. The average Bonchev–Trinajstić information content (AvgIpc) is 2.92. The quantitative estimate of drug-likeness (QED) is 0.767. The number of aliphatic hydroxyl groups excluding tert-OH is 1. The molecule has 0 unspecified atom stereocenters. The lowest BCUT2D eigenvalue weighted by Gasteiger charge is -2.35. The van der Waals surface area contributed by atoms with E-state index in [1.807, 2.05) is 60.1 Å². The summed E-state index contributed by atoms with van der Waals surface area (Å²) < 4.78 is 13.5. The lowest BCUT2D eigenvalue weighted by Crippen LogP contribution is -2.53. The van der Waals surface area contributed by atoms with Crippen molar-refractivity contribution >= 4 is 6.09 Å². The molecule has 2 N–H and O–H groups in total. The number of amides is 1. The van der Waals surface area contributed by atoms with Gasteiger partial charge in [-0.1, -0.05) is 0 Å². The summed E-state index contributed by atoms with van der Waals surface area (Å²) in [7, 11) is 0. The first kappa shape index (κ1) is 22.6. The third kappa shape index (κ3) is 5.04. The second-order valence-electron chi connectivity index (χ2n) is 8.91. The Morgan fingerprint density at radius 2 is 2.00 bits per heavy atom. The average molecular weight is 397 g/mol. The number of rotatable bonds is 6. The summed E-state index contributed by atoms with van der Waals surface area (Å²) >= 11 is 0. The van der Waals surface area contributed by atoms with E-state index in [0.717, 1.165) is 17.0 Å². The fraction of sp³-hybridized carbons (Fsp3) is 0.800. The van der Waals surface area contributed by atoms with E-state index in [2.05, 4.69) is 10.4 Å². The van der Waals surface area contributed by atoms with Gasteiger partial charge in [0, 0.05) is 24.3 Å². The number of carbonyl (C=O) groups excluding carboxylic acids is 1. The fourth-order valence-electron chi connectivity index (χ4n) is 3.77. The van der Waals surface area contributed by atoms with Crippen molar-refractivity contribution in [3.8, 4) is 0 Å². The summed E-state index contributed by atoms with van der Waals surface area (Å²) in [4.78, 5) is 14.5. The molecule has 1 amide bonds. The Bertz CT molecular complexity index is 693. The Morgan fingerprint density at radius 3 is 2.57 bits per heavy atom. The molecule has 1 aliphatic heterocycles. The largest absolute Gasteiger partial charge is 0.444 e. The molecule has 160 valence electrons. The third-order valence-corrected chi connectivity index (χ3v) is 5.02. The van der Waals surface area contributed by atoms with Crippen molar-refractivity contribution in [1.82, 2.24) is 20.0 Å². The highest BCUT2D eigenvalue weighted by atomic mass is 16.6. The van der Waals surface area contributed by atoms with Crippen LogP contribution >= 0.6 is 0 Å². The maximum Gasteiger partial charge on any atom is 0.412 e. The molecule has 0 aliphatic carbocycles. The molecular formula is C20H36N4O4. The summed E-state index contributed by atoms with van der Waals surface area (Å²) in [6.45, 7) is 17.1. The van der Waals surface area contributed by atoms with Crippen molar-refractivity contribution in [2.45, 2.75) is 92.0 Å². The number of aliphatic hydroxyl groups is 1. The van der Waals surface area contributed by atoms with Crippen LogP contribution in [0.25, 0.3) is 0 Å². The molecule has 8 nitrogen and oxygen atoms in total. The number of hydrogen-bond acceptors (Lipinski definition) is 6. The van der Waals surface area contributed by atoms with Crippen molar-refractivity contribution in [2.75, 3.05) is 13.2 Å². The fourth-order valence-corrected chi connectivity index (χ4v) is 3.77. The summed E-state index contributed by atoms with van der Waals surface area (Å²) in [6, 6.07) is -0.141. The van der Waals surface area contributed by atoms with Gasteiger partial charge in [-0.2, -0.15) is 5.10 Å². The van der Waals surface area contributed by atoms with E-state index < -0.39 is 11.3 Å². The third-order valence-electron chi connectivity index (χ3n) is 5.02. The van der Waals surface area contributed by atoms with Gasteiger partial charge in [0.15, 0.2) is 0 Å². The summed E-state index contributed by atoms with van der Waals surface area (Å²) in [5.41, 5.74) is 1.80. The van der Waals surface area contributed by atoms with E-state index in [1.54, 1.807) is 4.90 Å². The molecule has 0 aromatic carbocycles. The zero-order chi connectivity index (χ0) is 21.3. The van der Waals surface area contributed by atoms with Crippen LogP contribution in [0.4, 0.5) is 4.79 Å². The number of hydrogen-bond donors (Lipinski definition) is 2. The summed E-state index contributed by atoms with van der Waals surface area (Å²) in [6.07, 6.45) is -0.480. The first-order chi connectivity index (χ1) is 12.9. The zero-order valence-electron chi connectivity index (χ0n) is 18.5. The van der Waals surface area contributed by atoms with Crippen LogP contribution in [-0.4, -0.2) is 62.5 Å². The Kier molecular flexibility index (Phi) is 6.78. The van der Waals surface area contributed by atoms with Crippen LogP contribution in [0.15, 0.2) is 0 Å². The van der Waals surface area contributed by atoms with Gasteiger partial charge >= 0.3 is 6.09 Å². The highest BCUT2D eigenvalue weighted by molar-refractivity contribution is 5.70. The van der Waals surface area contributed by atoms with E-state index in [-0.39, 0.29) is 24.8 Å². The Hall–Kier alpha value is -1.64. The van der Waals surface area contributed by atoms with Crippen LogP contribution < -0.4 is 5.32 Å². The van der Waals surface area contributed by atoms with E-state index >= 15 is 0 Å². The van der Waals surface area contributed by atoms with Gasteiger partial charge in [-0.05, 0) is 55.4 Å². The highest BCUT2D eigenvalue weighted by Gasteiger charge is 2.49. The van der Waals surface area contributed by atoms with E-state index in [1.165, 1.54) is 0 Å². The number of nitrogens with zero attached hydrogens (tertiary/aromatic N) is 3. The topological polar surface area (TPSA) is 88.9 Å². The maximum atomic E-state index is 12.8. The van der Waals surface area contributed by atoms with Crippen molar-refractivity contribution in [1.29, 1.82) is 0 Å². The monoisotopic (exact) mass is 396 g/mol. The van der Waals surface area contributed by atoms with Gasteiger partial charge in [0.05, 0.1) is 31.0 Å². The van der Waals surface area contributed by atoms with Gasteiger partial charge in [-0.15, -0.1) is 0 Å². The van der Waals surface area contributed by atoms with Gasteiger partial charge in [0.25, 0.3) is 0 Å². The normalized spacial score (nSPS) is 22.0. The molecule has 0 radical (unpaired) electrons. The Balaban J connectivity index is 2.08. The highest BCUT2D eigenvalue weighted by Crippen LogP contribution is 2.33. The molecule has 1 aromatic heterocycles. The van der Waals surface area contributed by atoms with Gasteiger partial charge in [0.2, 0.25) is 0 Å². The Labute approximate surface area is 168 Å². The first-order valence-corrected chi connectivity index (χ1v) is 9.92. The zero-order valence-corrected chi connectivity index (χ0v) is 18.5. The second-order valence-corrected chi connectivity index (χ2v) is 8.91. The minimum atomic E-state index is -0.730. The summed E-state index contributed by atoms with van der Waals surface area (Å²) in [5.74, 6) is 0. The molecular weight excluding hydrogens is 360 g/mol. The summed E-state index contributed by atoms with van der Waals surface area (Å²) in [5, 5.41) is 17.1. The molecule has 8 heteroatoms. The van der Waals surface area contributed by atoms with Gasteiger partial charge in [-0.25, -0.2) is 4.79 Å². The molecule has 0 bridgehead atoms.